The maximum atomic E-state index is 12.7. The number of pyridine rings is 1. The topological polar surface area (TPSA) is 50.9 Å². The minimum Gasteiger partial charge on any atom is -0.396 e. The summed E-state index contributed by atoms with van der Waals surface area (Å²) in [5.74, 6) is 0.322. The van der Waals surface area contributed by atoms with E-state index >= 15 is 0 Å². The molecule has 1 heterocycles. The number of hydrogen-bond acceptors (Lipinski definition) is 3. The Morgan fingerprint density at radius 1 is 1.19 bits per heavy atom. The van der Waals surface area contributed by atoms with Crippen molar-refractivity contribution in [2.24, 2.45) is 0 Å². The van der Waals surface area contributed by atoms with E-state index in [0.717, 1.165) is 11.3 Å². The van der Waals surface area contributed by atoms with E-state index in [9.17, 15) is 4.39 Å². The molecule has 1 aromatic heterocycles. The average Bonchev–Trinajstić information content (AvgIpc) is 2.28. The molecule has 2 aromatic rings. The molecule has 0 spiro atoms. The molecule has 0 saturated carbocycles. The monoisotopic (exact) mass is 217 g/mol. The van der Waals surface area contributed by atoms with Crippen LogP contribution in [-0.4, -0.2) is 4.98 Å². The molecule has 0 radical (unpaired) electrons. The molecule has 0 aliphatic heterocycles. The zero-order chi connectivity index (χ0) is 11.5. The van der Waals surface area contributed by atoms with Crippen LogP contribution in [0.4, 0.5) is 21.6 Å². The van der Waals surface area contributed by atoms with E-state index in [2.05, 4.69) is 10.3 Å². The van der Waals surface area contributed by atoms with Crippen LogP contribution in [0.5, 0.6) is 0 Å². The molecule has 0 unspecified atom stereocenters. The highest BCUT2D eigenvalue weighted by Gasteiger charge is 2.03. The summed E-state index contributed by atoms with van der Waals surface area (Å²) in [5.41, 5.74) is 8.18. The fourth-order valence-corrected chi connectivity index (χ4v) is 1.34. The number of nitrogens with zero attached hydrogens (tertiary/aromatic N) is 1. The summed E-state index contributed by atoms with van der Waals surface area (Å²) in [6.07, 6.45) is 1.68. The van der Waals surface area contributed by atoms with Gasteiger partial charge in [-0.2, -0.15) is 0 Å². The number of nitrogens with one attached hydrogen (secondary N) is 1. The van der Waals surface area contributed by atoms with Crippen molar-refractivity contribution in [3.8, 4) is 0 Å². The number of nitrogen functional groups attached to an aromatic ring is 1. The van der Waals surface area contributed by atoms with Crippen molar-refractivity contribution in [3.63, 3.8) is 0 Å². The van der Waals surface area contributed by atoms with Gasteiger partial charge in [0.2, 0.25) is 0 Å². The molecular weight excluding hydrogens is 205 g/mol. The minimum atomic E-state index is -0.268. The van der Waals surface area contributed by atoms with E-state index in [0.29, 0.717) is 11.5 Å². The minimum absolute atomic E-state index is 0.268. The first-order chi connectivity index (χ1) is 7.66. The lowest BCUT2D eigenvalue weighted by atomic mass is 10.2. The zero-order valence-electron chi connectivity index (χ0n) is 8.87. The molecule has 0 aliphatic carbocycles. The van der Waals surface area contributed by atoms with E-state index in [4.69, 9.17) is 5.73 Å². The van der Waals surface area contributed by atoms with Crippen molar-refractivity contribution in [2.75, 3.05) is 11.1 Å². The first-order valence-electron chi connectivity index (χ1n) is 4.90. The van der Waals surface area contributed by atoms with E-state index in [1.165, 1.54) is 12.1 Å². The predicted molar refractivity (Wildman–Crippen MR) is 63.1 cm³/mol. The van der Waals surface area contributed by atoms with Gasteiger partial charge in [-0.25, -0.2) is 9.37 Å². The van der Waals surface area contributed by atoms with Crippen LogP contribution in [0.2, 0.25) is 0 Å². The van der Waals surface area contributed by atoms with Gasteiger partial charge in [0, 0.05) is 11.9 Å². The van der Waals surface area contributed by atoms with Gasteiger partial charge < -0.3 is 11.1 Å². The number of nitrogens with two attached hydrogens (primary N) is 1. The molecule has 0 saturated heterocycles. The molecule has 2 rings (SSSR count). The number of benzene rings is 1. The van der Waals surface area contributed by atoms with Crippen molar-refractivity contribution in [3.05, 3.63) is 47.9 Å². The van der Waals surface area contributed by atoms with Crippen molar-refractivity contribution in [1.82, 2.24) is 4.98 Å². The smallest absolute Gasteiger partial charge is 0.153 e. The van der Waals surface area contributed by atoms with Gasteiger partial charge in [0.05, 0.1) is 5.69 Å². The molecule has 0 aliphatic rings. The number of rotatable bonds is 2. The second-order valence-corrected chi connectivity index (χ2v) is 3.52. The summed E-state index contributed by atoms with van der Waals surface area (Å²) in [4.78, 5) is 4.13. The van der Waals surface area contributed by atoms with Gasteiger partial charge in [-0.05, 0) is 42.8 Å². The quantitative estimate of drug-likeness (QED) is 0.813. The average molecular weight is 217 g/mol. The lowest BCUT2D eigenvalue weighted by molar-refractivity contribution is 0.628. The molecule has 0 bridgehead atoms. The third kappa shape index (κ3) is 2.11. The summed E-state index contributed by atoms with van der Waals surface area (Å²) in [7, 11) is 0. The van der Waals surface area contributed by atoms with E-state index < -0.39 is 0 Å². The van der Waals surface area contributed by atoms with E-state index in [-0.39, 0.29) is 5.82 Å². The summed E-state index contributed by atoms with van der Waals surface area (Å²) in [6, 6.07) is 7.88. The summed E-state index contributed by atoms with van der Waals surface area (Å²) >= 11 is 0. The number of aryl methyl sites for hydroxylation is 1. The zero-order valence-corrected chi connectivity index (χ0v) is 8.87. The summed E-state index contributed by atoms with van der Waals surface area (Å²) in [5, 5.41) is 3.04. The number of aromatic nitrogens is 1. The van der Waals surface area contributed by atoms with E-state index in [1.807, 2.05) is 13.0 Å². The highest BCUT2D eigenvalue weighted by Crippen LogP contribution is 2.22. The second kappa shape index (κ2) is 4.18. The van der Waals surface area contributed by atoms with Crippen LogP contribution >= 0.6 is 0 Å². The van der Waals surface area contributed by atoms with E-state index in [1.54, 1.807) is 18.3 Å². The number of halogens is 1. The van der Waals surface area contributed by atoms with Gasteiger partial charge in [0.25, 0.3) is 0 Å². The second-order valence-electron chi connectivity index (χ2n) is 3.52. The third-order valence-electron chi connectivity index (χ3n) is 2.32. The van der Waals surface area contributed by atoms with Crippen LogP contribution in [0.3, 0.4) is 0 Å². The molecule has 0 amide bonds. The molecule has 82 valence electrons. The Kier molecular flexibility index (Phi) is 2.72. The van der Waals surface area contributed by atoms with Crippen LogP contribution in [0.25, 0.3) is 0 Å². The normalized spacial score (nSPS) is 10.1. The van der Waals surface area contributed by atoms with Gasteiger partial charge >= 0.3 is 0 Å². The number of hydrogen-bond donors (Lipinski definition) is 2. The van der Waals surface area contributed by atoms with Crippen LogP contribution in [0.15, 0.2) is 36.5 Å². The SMILES string of the molecule is Cc1ccnc(Nc2ccc(F)cc2)c1N. The molecule has 1 aromatic carbocycles. The van der Waals surface area contributed by atoms with Crippen LogP contribution < -0.4 is 11.1 Å². The van der Waals surface area contributed by atoms with Crippen LogP contribution in [-0.2, 0) is 0 Å². The third-order valence-corrected chi connectivity index (χ3v) is 2.32. The Morgan fingerprint density at radius 3 is 2.56 bits per heavy atom. The lowest BCUT2D eigenvalue weighted by Crippen LogP contribution is -2.00. The van der Waals surface area contributed by atoms with Crippen LogP contribution in [0, 0.1) is 12.7 Å². The highest BCUT2D eigenvalue weighted by atomic mass is 19.1. The first kappa shape index (κ1) is 10.4. The lowest BCUT2D eigenvalue weighted by Gasteiger charge is -2.09. The Morgan fingerprint density at radius 2 is 1.88 bits per heavy atom. The Bertz CT molecular complexity index is 494. The highest BCUT2D eigenvalue weighted by molar-refractivity contribution is 5.70. The maximum Gasteiger partial charge on any atom is 0.153 e. The first-order valence-corrected chi connectivity index (χ1v) is 4.90. The Balaban J connectivity index is 2.27. The molecule has 3 nitrogen and oxygen atoms in total. The van der Waals surface area contributed by atoms with Crippen molar-refractivity contribution in [2.45, 2.75) is 6.92 Å². The predicted octanol–water partition coefficient (Wildman–Crippen LogP) is 2.85. The summed E-state index contributed by atoms with van der Waals surface area (Å²) < 4.78 is 12.7. The fraction of sp³-hybridized carbons (Fsp3) is 0.0833. The number of anilines is 3. The van der Waals surface area contributed by atoms with Crippen molar-refractivity contribution in [1.29, 1.82) is 0 Å². The van der Waals surface area contributed by atoms with Crippen molar-refractivity contribution >= 4 is 17.2 Å². The van der Waals surface area contributed by atoms with Gasteiger partial charge in [-0.1, -0.05) is 0 Å². The Labute approximate surface area is 93.1 Å². The fourth-order valence-electron chi connectivity index (χ4n) is 1.34. The van der Waals surface area contributed by atoms with Gasteiger partial charge in [-0.15, -0.1) is 0 Å². The summed E-state index contributed by atoms with van der Waals surface area (Å²) in [6.45, 7) is 1.91. The largest absolute Gasteiger partial charge is 0.396 e. The molecule has 0 fully saturated rings. The Hall–Kier alpha value is -2.10. The molecule has 0 atom stereocenters. The molecule has 4 heteroatoms. The molecule has 16 heavy (non-hydrogen) atoms. The maximum absolute atomic E-state index is 12.7. The van der Waals surface area contributed by atoms with Crippen molar-refractivity contribution < 1.29 is 4.39 Å². The molecular formula is C12H12FN3. The van der Waals surface area contributed by atoms with Gasteiger partial charge in [-0.3, -0.25) is 0 Å². The van der Waals surface area contributed by atoms with Gasteiger partial charge in [0.1, 0.15) is 5.82 Å². The molecule has 3 N–H and O–H groups in total. The standard InChI is InChI=1S/C12H12FN3/c1-8-6-7-15-12(11(8)14)16-10-4-2-9(13)3-5-10/h2-7H,14H2,1H3,(H,15,16). The van der Waals surface area contributed by atoms with Crippen LogP contribution in [0.1, 0.15) is 5.56 Å². The van der Waals surface area contributed by atoms with Gasteiger partial charge in [0.15, 0.2) is 5.82 Å².